The molecule has 1 heterocycles. The van der Waals surface area contributed by atoms with E-state index in [4.69, 9.17) is 14.3 Å². The van der Waals surface area contributed by atoms with Crippen LogP contribution in [-0.2, 0) is 6.54 Å². The van der Waals surface area contributed by atoms with E-state index in [2.05, 4.69) is 21.2 Å². The summed E-state index contributed by atoms with van der Waals surface area (Å²) in [6.07, 6.45) is 0. The number of carboxylic acid groups (broad SMARTS) is 1. The molecule has 0 saturated heterocycles. The number of methoxy groups -OCH3 is 1. The van der Waals surface area contributed by atoms with Crippen molar-refractivity contribution in [2.24, 2.45) is 0 Å². The Kier molecular flexibility index (Phi) is 4.34. The first kappa shape index (κ1) is 14.5. The fourth-order valence-electron chi connectivity index (χ4n) is 1.78. The number of hydrogen-bond donors (Lipinski definition) is 2. The summed E-state index contributed by atoms with van der Waals surface area (Å²) in [5.74, 6) is 0.212. The first-order chi connectivity index (χ1) is 9.49. The monoisotopic (exact) mass is 339 g/mol. The van der Waals surface area contributed by atoms with Gasteiger partial charge in [0.15, 0.2) is 0 Å². The van der Waals surface area contributed by atoms with E-state index in [1.165, 1.54) is 6.07 Å². The maximum Gasteiger partial charge on any atom is 0.371 e. The van der Waals surface area contributed by atoms with Gasteiger partial charge >= 0.3 is 5.97 Å². The maximum absolute atomic E-state index is 10.8. The molecule has 0 saturated carbocycles. The van der Waals surface area contributed by atoms with E-state index in [0.29, 0.717) is 12.3 Å². The van der Waals surface area contributed by atoms with Crippen molar-refractivity contribution >= 4 is 27.6 Å². The molecular weight excluding hydrogens is 326 g/mol. The van der Waals surface area contributed by atoms with Crippen LogP contribution in [0.15, 0.2) is 33.2 Å². The minimum atomic E-state index is -1.07. The predicted molar refractivity (Wildman–Crippen MR) is 78.4 cm³/mol. The van der Waals surface area contributed by atoms with Gasteiger partial charge in [0.2, 0.25) is 5.76 Å². The van der Waals surface area contributed by atoms with Crippen LogP contribution >= 0.6 is 15.9 Å². The Morgan fingerprint density at radius 2 is 2.15 bits per heavy atom. The summed E-state index contributed by atoms with van der Waals surface area (Å²) in [6, 6.07) is 7.16. The van der Waals surface area contributed by atoms with E-state index in [-0.39, 0.29) is 5.76 Å². The predicted octanol–water partition coefficient (Wildman–Crippen LogP) is 3.67. The highest BCUT2D eigenvalue weighted by molar-refractivity contribution is 9.10. The van der Waals surface area contributed by atoms with Crippen LogP contribution < -0.4 is 10.1 Å². The molecule has 106 valence electrons. The fraction of sp³-hybridized carbons (Fsp3) is 0.214. The van der Waals surface area contributed by atoms with Crippen LogP contribution in [0.4, 0.5) is 5.69 Å². The third kappa shape index (κ3) is 3.33. The van der Waals surface area contributed by atoms with E-state index in [1.54, 1.807) is 14.0 Å². The van der Waals surface area contributed by atoms with Gasteiger partial charge in [-0.2, -0.15) is 0 Å². The summed E-state index contributed by atoms with van der Waals surface area (Å²) in [5.41, 5.74) is 1.68. The molecule has 5 nitrogen and oxygen atoms in total. The zero-order valence-corrected chi connectivity index (χ0v) is 12.7. The molecule has 1 aromatic carbocycles. The Labute approximate surface area is 124 Å². The molecule has 0 aliphatic rings. The van der Waals surface area contributed by atoms with Crippen LogP contribution in [0.1, 0.15) is 21.9 Å². The van der Waals surface area contributed by atoms with Gasteiger partial charge in [0.05, 0.1) is 7.11 Å². The van der Waals surface area contributed by atoms with Crippen molar-refractivity contribution < 1.29 is 19.1 Å². The number of ether oxygens (including phenoxy) is 1. The van der Waals surface area contributed by atoms with Crippen LogP contribution in [0, 0.1) is 6.92 Å². The lowest BCUT2D eigenvalue weighted by Crippen LogP contribution is -2.00. The topological polar surface area (TPSA) is 71.7 Å². The maximum atomic E-state index is 10.8. The Hall–Kier alpha value is -1.95. The van der Waals surface area contributed by atoms with Crippen LogP contribution in [-0.4, -0.2) is 18.2 Å². The van der Waals surface area contributed by atoms with Gasteiger partial charge in [0.1, 0.15) is 11.5 Å². The van der Waals surface area contributed by atoms with Crippen molar-refractivity contribution in [2.45, 2.75) is 13.5 Å². The smallest absolute Gasteiger partial charge is 0.371 e. The Bertz CT molecular complexity index is 636. The van der Waals surface area contributed by atoms with Gasteiger partial charge in [-0.1, -0.05) is 15.9 Å². The summed E-state index contributed by atoms with van der Waals surface area (Å²) in [7, 11) is 1.60. The number of aryl methyl sites for hydroxylation is 1. The quantitative estimate of drug-likeness (QED) is 0.869. The van der Waals surface area contributed by atoms with Crippen molar-refractivity contribution in [3.8, 4) is 5.75 Å². The molecular formula is C14H14BrNO4. The summed E-state index contributed by atoms with van der Waals surface area (Å²) < 4.78 is 11.2. The van der Waals surface area contributed by atoms with Crippen LogP contribution in [0.3, 0.4) is 0 Å². The molecule has 2 rings (SSSR count). The molecule has 0 unspecified atom stereocenters. The summed E-state index contributed by atoms with van der Waals surface area (Å²) in [4.78, 5) is 10.8. The number of halogens is 1. The summed E-state index contributed by atoms with van der Waals surface area (Å²) in [5, 5.41) is 12.1. The van der Waals surface area contributed by atoms with Gasteiger partial charge < -0.3 is 19.6 Å². The lowest BCUT2D eigenvalue weighted by atomic mass is 10.2. The van der Waals surface area contributed by atoms with Gasteiger partial charge in [-0.15, -0.1) is 0 Å². The van der Waals surface area contributed by atoms with Gasteiger partial charge in [-0.25, -0.2) is 4.79 Å². The highest BCUT2D eigenvalue weighted by Gasteiger charge is 2.12. The molecule has 6 heteroatoms. The number of anilines is 1. The van der Waals surface area contributed by atoms with Crippen molar-refractivity contribution in [1.29, 1.82) is 0 Å². The molecule has 0 aliphatic carbocycles. The highest BCUT2D eigenvalue weighted by Crippen LogP contribution is 2.25. The van der Waals surface area contributed by atoms with Crippen LogP contribution in [0.2, 0.25) is 0 Å². The number of nitrogens with one attached hydrogen (secondary N) is 1. The Morgan fingerprint density at radius 1 is 1.40 bits per heavy atom. The highest BCUT2D eigenvalue weighted by atomic mass is 79.9. The molecule has 0 radical (unpaired) electrons. The molecule has 20 heavy (non-hydrogen) atoms. The molecule has 0 aliphatic heterocycles. The number of aromatic carboxylic acids is 1. The SMILES string of the molecule is COc1cc(Br)cc(NCc2cc(C(=O)O)oc2C)c1. The minimum Gasteiger partial charge on any atom is -0.497 e. The third-order valence-corrected chi connectivity index (χ3v) is 3.28. The minimum absolute atomic E-state index is 0.0499. The third-order valence-electron chi connectivity index (χ3n) is 2.82. The second kappa shape index (κ2) is 6.00. The van der Waals surface area contributed by atoms with E-state index in [0.717, 1.165) is 21.5 Å². The lowest BCUT2D eigenvalue weighted by molar-refractivity contribution is 0.0661. The summed E-state index contributed by atoms with van der Waals surface area (Å²) in [6.45, 7) is 2.22. The van der Waals surface area contributed by atoms with Gasteiger partial charge in [-0.05, 0) is 25.1 Å². The van der Waals surface area contributed by atoms with E-state index in [1.807, 2.05) is 18.2 Å². The molecule has 0 atom stereocenters. The molecule has 0 bridgehead atoms. The first-order valence-electron chi connectivity index (χ1n) is 5.90. The second-order valence-corrected chi connectivity index (χ2v) is 5.15. The van der Waals surface area contributed by atoms with Crippen LogP contribution in [0.5, 0.6) is 5.75 Å². The molecule has 2 aromatic rings. The number of hydrogen-bond acceptors (Lipinski definition) is 4. The van der Waals surface area contributed by atoms with E-state index in [9.17, 15) is 4.79 Å². The van der Waals surface area contributed by atoms with Crippen molar-refractivity contribution in [3.63, 3.8) is 0 Å². The largest absolute Gasteiger partial charge is 0.497 e. The van der Waals surface area contributed by atoms with Gasteiger partial charge in [0.25, 0.3) is 0 Å². The number of carbonyl (C=O) groups is 1. The number of benzene rings is 1. The van der Waals surface area contributed by atoms with E-state index >= 15 is 0 Å². The normalized spacial score (nSPS) is 10.3. The molecule has 1 aromatic heterocycles. The van der Waals surface area contributed by atoms with Crippen LogP contribution in [0.25, 0.3) is 0 Å². The number of rotatable bonds is 5. The Morgan fingerprint density at radius 3 is 2.75 bits per heavy atom. The molecule has 2 N–H and O–H groups in total. The average molecular weight is 340 g/mol. The van der Waals surface area contributed by atoms with Crippen molar-refractivity contribution in [1.82, 2.24) is 0 Å². The molecule has 0 amide bonds. The number of furan rings is 1. The zero-order valence-electron chi connectivity index (χ0n) is 11.1. The number of carboxylic acids is 1. The summed E-state index contributed by atoms with van der Waals surface area (Å²) >= 11 is 3.40. The van der Waals surface area contributed by atoms with E-state index < -0.39 is 5.97 Å². The second-order valence-electron chi connectivity index (χ2n) is 4.23. The zero-order chi connectivity index (χ0) is 14.7. The van der Waals surface area contributed by atoms with Crippen molar-refractivity contribution in [3.05, 3.63) is 45.8 Å². The fourth-order valence-corrected chi connectivity index (χ4v) is 2.25. The average Bonchev–Trinajstić information content (AvgIpc) is 2.77. The van der Waals surface area contributed by atoms with Crippen molar-refractivity contribution in [2.75, 3.05) is 12.4 Å². The molecule has 0 fully saturated rings. The lowest BCUT2D eigenvalue weighted by Gasteiger charge is -2.08. The standard InChI is InChI=1S/C14H14BrNO4/c1-8-9(3-13(20-8)14(17)18)7-16-11-4-10(15)5-12(6-11)19-2/h3-6,16H,7H2,1-2H3,(H,17,18). The molecule has 0 spiro atoms. The van der Waals surface area contributed by atoms with Gasteiger partial charge in [0, 0.05) is 28.3 Å². The first-order valence-corrected chi connectivity index (χ1v) is 6.70. The Balaban J connectivity index is 2.12. The van der Waals surface area contributed by atoms with Gasteiger partial charge in [-0.3, -0.25) is 0 Å².